The molecule has 3 heteroatoms. The third kappa shape index (κ3) is 4.28. The first-order chi connectivity index (χ1) is 7.74. The van der Waals surface area contributed by atoms with Crippen molar-refractivity contribution >= 4 is 5.97 Å². The zero-order valence-corrected chi connectivity index (χ0v) is 9.26. The van der Waals surface area contributed by atoms with Crippen molar-refractivity contribution < 1.29 is 9.53 Å². The van der Waals surface area contributed by atoms with Crippen LogP contribution in [0.2, 0.25) is 0 Å². The van der Waals surface area contributed by atoms with Crippen molar-refractivity contribution in [2.75, 3.05) is 0 Å². The molecule has 0 fully saturated rings. The predicted octanol–water partition coefficient (Wildman–Crippen LogP) is 2.02. The van der Waals surface area contributed by atoms with E-state index in [4.69, 9.17) is 10.5 Å². The number of carbonyl (C=O) groups excluding carboxylic acids is 1. The molecule has 0 aliphatic heterocycles. The lowest BCUT2D eigenvalue weighted by Crippen LogP contribution is -2.31. The van der Waals surface area contributed by atoms with Crippen molar-refractivity contribution in [1.29, 1.82) is 0 Å². The minimum absolute atomic E-state index is 0.279. The molecule has 0 heterocycles. The molecular weight excluding hydrogens is 202 g/mol. The lowest BCUT2D eigenvalue weighted by molar-refractivity contribution is -0.146. The Morgan fingerprint density at radius 2 is 2.12 bits per heavy atom. The van der Waals surface area contributed by atoms with E-state index >= 15 is 0 Å². The van der Waals surface area contributed by atoms with Crippen LogP contribution in [0.25, 0.3) is 0 Å². The van der Waals surface area contributed by atoms with E-state index in [1.54, 1.807) is 6.08 Å². The van der Waals surface area contributed by atoms with Crippen molar-refractivity contribution in [2.45, 2.75) is 25.5 Å². The summed E-state index contributed by atoms with van der Waals surface area (Å²) in [4.78, 5) is 11.4. The normalized spacial score (nSPS) is 11.8. The molecule has 0 bridgehead atoms. The molecule has 0 spiro atoms. The molecular formula is C13H17NO2. The minimum atomic E-state index is -0.554. The second-order valence-corrected chi connectivity index (χ2v) is 3.57. The average Bonchev–Trinajstić information content (AvgIpc) is 2.34. The summed E-state index contributed by atoms with van der Waals surface area (Å²) in [6.45, 7) is 3.86. The van der Waals surface area contributed by atoms with Gasteiger partial charge in [0.05, 0.1) is 0 Å². The SMILES string of the molecule is C=CCCC(N)C(=O)OCc1ccccc1. The van der Waals surface area contributed by atoms with Gasteiger partial charge in [0.2, 0.25) is 0 Å². The maximum absolute atomic E-state index is 11.4. The van der Waals surface area contributed by atoms with Gasteiger partial charge < -0.3 is 10.5 Å². The maximum atomic E-state index is 11.4. The number of rotatable bonds is 6. The number of ether oxygens (including phenoxy) is 1. The zero-order chi connectivity index (χ0) is 11.8. The van der Waals surface area contributed by atoms with E-state index in [1.807, 2.05) is 30.3 Å². The van der Waals surface area contributed by atoms with E-state index in [2.05, 4.69) is 6.58 Å². The molecule has 0 aliphatic rings. The van der Waals surface area contributed by atoms with Gasteiger partial charge in [0.1, 0.15) is 12.6 Å². The maximum Gasteiger partial charge on any atom is 0.323 e. The second kappa shape index (κ2) is 6.80. The van der Waals surface area contributed by atoms with Gasteiger partial charge in [-0.1, -0.05) is 36.4 Å². The fraction of sp³-hybridized carbons (Fsp3) is 0.308. The average molecular weight is 219 g/mol. The molecule has 1 atom stereocenters. The lowest BCUT2D eigenvalue weighted by Gasteiger charge is -2.10. The van der Waals surface area contributed by atoms with Crippen LogP contribution in [0, 0.1) is 0 Å². The van der Waals surface area contributed by atoms with Crippen LogP contribution in [0.3, 0.4) is 0 Å². The van der Waals surface area contributed by atoms with E-state index in [9.17, 15) is 4.79 Å². The van der Waals surface area contributed by atoms with Crippen molar-refractivity contribution in [1.82, 2.24) is 0 Å². The summed E-state index contributed by atoms with van der Waals surface area (Å²) in [5, 5.41) is 0. The predicted molar refractivity (Wildman–Crippen MR) is 63.6 cm³/mol. The van der Waals surface area contributed by atoms with Gasteiger partial charge in [0.15, 0.2) is 0 Å². The summed E-state index contributed by atoms with van der Waals surface area (Å²) < 4.78 is 5.09. The monoisotopic (exact) mass is 219 g/mol. The van der Waals surface area contributed by atoms with E-state index in [1.165, 1.54) is 0 Å². The van der Waals surface area contributed by atoms with E-state index in [0.717, 1.165) is 12.0 Å². The molecule has 3 nitrogen and oxygen atoms in total. The molecule has 0 saturated heterocycles. The number of hydrogen-bond donors (Lipinski definition) is 1. The number of esters is 1. The Morgan fingerprint density at radius 1 is 1.44 bits per heavy atom. The van der Waals surface area contributed by atoms with Gasteiger partial charge in [-0.2, -0.15) is 0 Å². The van der Waals surface area contributed by atoms with Gasteiger partial charge in [-0.05, 0) is 18.4 Å². The molecule has 2 N–H and O–H groups in total. The number of allylic oxidation sites excluding steroid dienone is 1. The van der Waals surface area contributed by atoms with Gasteiger partial charge in [-0.15, -0.1) is 6.58 Å². The quantitative estimate of drug-likeness (QED) is 0.588. The van der Waals surface area contributed by atoms with Crippen LogP contribution in [0.1, 0.15) is 18.4 Å². The molecule has 0 aromatic heterocycles. The molecule has 0 aliphatic carbocycles. The van der Waals surface area contributed by atoms with Crippen molar-refractivity contribution in [2.24, 2.45) is 5.73 Å². The van der Waals surface area contributed by atoms with Gasteiger partial charge >= 0.3 is 5.97 Å². The van der Waals surface area contributed by atoms with Crippen LogP contribution in [0.4, 0.5) is 0 Å². The molecule has 0 radical (unpaired) electrons. The standard InChI is InChI=1S/C13H17NO2/c1-2-3-9-12(14)13(15)16-10-11-7-5-4-6-8-11/h2,4-8,12H,1,3,9-10,14H2. The molecule has 86 valence electrons. The third-order valence-electron chi connectivity index (χ3n) is 2.21. The first kappa shape index (κ1) is 12.5. The van der Waals surface area contributed by atoms with Gasteiger partial charge in [-0.25, -0.2) is 0 Å². The molecule has 1 unspecified atom stereocenters. The second-order valence-electron chi connectivity index (χ2n) is 3.57. The van der Waals surface area contributed by atoms with E-state index in [-0.39, 0.29) is 12.6 Å². The Bertz CT molecular complexity index is 335. The Morgan fingerprint density at radius 3 is 2.75 bits per heavy atom. The van der Waals surface area contributed by atoms with Crippen LogP contribution in [0.5, 0.6) is 0 Å². The Balaban J connectivity index is 2.32. The summed E-state index contributed by atoms with van der Waals surface area (Å²) in [6, 6.07) is 8.98. The summed E-state index contributed by atoms with van der Waals surface area (Å²) >= 11 is 0. The van der Waals surface area contributed by atoms with E-state index < -0.39 is 6.04 Å². The van der Waals surface area contributed by atoms with E-state index in [0.29, 0.717) is 6.42 Å². The zero-order valence-electron chi connectivity index (χ0n) is 9.26. The topological polar surface area (TPSA) is 52.3 Å². The molecule has 1 aromatic carbocycles. The number of carbonyl (C=O) groups is 1. The molecule has 16 heavy (non-hydrogen) atoms. The fourth-order valence-electron chi connectivity index (χ4n) is 1.25. The summed E-state index contributed by atoms with van der Waals surface area (Å²) in [7, 11) is 0. The Hall–Kier alpha value is -1.61. The van der Waals surface area contributed by atoms with Crippen LogP contribution >= 0.6 is 0 Å². The number of hydrogen-bond acceptors (Lipinski definition) is 3. The third-order valence-corrected chi connectivity index (χ3v) is 2.21. The highest BCUT2D eigenvalue weighted by molar-refractivity contribution is 5.75. The number of nitrogens with two attached hydrogens (primary N) is 1. The molecule has 1 aromatic rings. The summed E-state index contributed by atoms with van der Waals surface area (Å²) in [5.41, 5.74) is 6.61. The Labute approximate surface area is 95.9 Å². The molecule has 1 rings (SSSR count). The minimum Gasteiger partial charge on any atom is -0.460 e. The van der Waals surface area contributed by atoms with Crippen LogP contribution in [-0.4, -0.2) is 12.0 Å². The fourth-order valence-corrected chi connectivity index (χ4v) is 1.25. The van der Waals surface area contributed by atoms with Gasteiger partial charge in [-0.3, -0.25) is 4.79 Å². The molecule has 0 saturated carbocycles. The van der Waals surface area contributed by atoms with Crippen molar-refractivity contribution in [3.63, 3.8) is 0 Å². The van der Waals surface area contributed by atoms with Gasteiger partial charge in [0.25, 0.3) is 0 Å². The summed E-state index contributed by atoms with van der Waals surface area (Å²) in [5.74, 6) is -0.356. The van der Waals surface area contributed by atoms with Crippen molar-refractivity contribution in [3.05, 3.63) is 48.6 Å². The highest BCUT2D eigenvalue weighted by Crippen LogP contribution is 2.03. The van der Waals surface area contributed by atoms with Crippen LogP contribution in [-0.2, 0) is 16.1 Å². The molecule has 0 amide bonds. The van der Waals surface area contributed by atoms with Crippen LogP contribution in [0.15, 0.2) is 43.0 Å². The summed E-state index contributed by atoms with van der Waals surface area (Å²) in [6.07, 6.45) is 3.04. The smallest absolute Gasteiger partial charge is 0.323 e. The largest absolute Gasteiger partial charge is 0.460 e. The first-order valence-electron chi connectivity index (χ1n) is 5.31. The number of benzene rings is 1. The first-order valence-corrected chi connectivity index (χ1v) is 5.31. The van der Waals surface area contributed by atoms with Gasteiger partial charge in [0, 0.05) is 0 Å². The van der Waals surface area contributed by atoms with Crippen LogP contribution < -0.4 is 5.73 Å². The van der Waals surface area contributed by atoms with Crippen molar-refractivity contribution in [3.8, 4) is 0 Å². The highest BCUT2D eigenvalue weighted by Gasteiger charge is 2.13. The highest BCUT2D eigenvalue weighted by atomic mass is 16.5. The lowest BCUT2D eigenvalue weighted by atomic mass is 10.2. The Kier molecular flexibility index (Phi) is 5.29.